The van der Waals surface area contributed by atoms with Crippen molar-refractivity contribution in [3.63, 3.8) is 0 Å². The Morgan fingerprint density at radius 2 is 2.31 bits per heavy atom. The highest BCUT2D eigenvalue weighted by atomic mass is 16.2. The van der Waals surface area contributed by atoms with E-state index < -0.39 is 0 Å². The highest BCUT2D eigenvalue weighted by Crippen LogP contribution is 2.13. The molecule has 1 amide bonds. The van der Waals surface area contributed by atoms with Gasteiger partial charge in [0, 0.05) is 26.5 Å². The molecule has 72 valence electrons. The van der Waals surface area contributed by atoms with Crippen LogP contribution >= 0.6 is 0 Å². The second-order valence-corrected chi connectivity index (χ2v) is 3.24. The molecule has 4 heteroatoms. The third-order valence-corrected chi connectivity index (χ3v) is 1.85. The van der Waals surface area contributed by atoms with E-state index in [-0.39, 0.29) is 11.8 Å². The van der Waals surface area contributed by atoms with Crippen molar-refractivity contribution in [2.45, 2.75) is 12.8 Å². The van der Waals surface area contributed by atoms with E-state index in [1.807, 2.05) is 25.4 Å². The molecule has 0 bridgehead atoms. The summed E-state index contributed by atoms with van der Waals surface area (Å²) in [7, 11) is 3.59. The van der Waals surface area contributed by atoms with Crippen LogP contribution in [0.1, 0.15) is 18.4 Å². The lowest BCUT2D eigenvalue weighted by atomic mass is 10.0. The number of amides is 1. The quantitative estimate of drug-likeness (QED) is 0.675. The molecule has 0 fully saturated rings. The van der Waals surface area contributed by atoms with Gasteiger partial charge in [-0.15, -0.1) is 0 Å². The number of hydrazine groups is 1. The monoisotopic (exact) mass is 181 g/mol. The molecule has 13 heavy (non-hydrogen) atoms. The molecule has 1 aromatic heterocycles. The molecule has 1 aromatic rings. The van der Waals surface area contributed by atoms with Gasteiger partial charge in [-0.05, 0) is 18.6 Å². The Kier molecular flexibility index (Phi) is 3.08. The van der Waals surface area contributed by atoms with E-state index in [2.05, 4.69) is 10.4 Å². The Morgan fingerprint density at radius 3 is 2.77 bits per heavy atom. The molecule has 4 nitrogen and oxygen atoms in total. The summed E-state index contributed by atoms with van der Waals surface area (Å²) in [6.45, 7) is 1.88. The predicted molar refractivity (Wildman–Crippen MR) is 51.0 cm³/mol. The molecule has 0 aliphatic heterocycles. The van der Waals surface area contributed by atoms with Gasteiger partial charge in [0.1, 0.15) is 0 Å². The predicted octanol–water partition coefficient (Wildman–Crippen LogP) is 0.711. The first-order valence-electron chi connectivity index (χ1n) is 4.21. The molecule has 1 heterocycles. The summed E-state index contributed by atoms with van der Waals surface area (Å²) in [5, 5.41) is 1.64. The van der Waals surface area contributed by atoms with Crippen LogP contribution in [0.2, 0.25) is 0 Å². The zero-order chi connectivity index (χ0) is 9.84. The van der Waals surface area contributed by atoms with Gasteiger partial charge in [0.15, 0.2) is 0 Å². The highest BCUT2D eigenvalue weighted by Gasteiger charge is 2.15. The van der Waals surface area contributed by atoms with Crippen molar-refractivity contribution in [2.75, 3.05) is 14.1 Å². The van der Waals surface area contributed by atoms with Crippen molar-refractivity contribution in [1.29, 1.82) is 0 Å². The molecule has 0 aliphatic rings. The molecule has 0 saturated heterocycles. The molecule has 0 radical (unpaired) electrons. The van der Waals surface area contributed by atoms with E-state index >= 15 is 0 Å². The fraction of sp³-hybridized carbons (Fsp3) is 0.444. The van der Waals surface area contributed by atoms with E-state index in [1.54, 1.807) is 19.1 Å². The summed E-state index contributed by atoms with van der Waals surface area (Å²) in [6, 6.07) is 1.90. The number of aromatic amines is 1. The van der Waals surface area contributed by atoms with Crippen LogP contribution in [0.3, 0.4) is 0 Å². The molecule has 1 atom stereocenters. The minimum absolute atomic E-state index is 0.00426. The van der Waals surface area contributed by atoms with Gasteiger partial charge in [-0.1, -0.05) is 0 Å². The first-order valence-corrected chi connectivity index (χ1v) is 4.21. The number of carbonyl (C=O) groups excluding carboxylic acids is 1. The molecule has 1 rings (SSSR count). The number of hydrogen-bond donors (Lipinski definition) is 2. The summed E-state index contributed by atoms with van der Waals surface area (Å²) >= 11 is 0. The number of nitrogens with one attached hydrogen (secondary N) is 2. The lowest BCUT2D eigenvalue weighted by Gasteiger charge is -2.15. The third-order valence-electron chi connectivity index (χ3n) is 1.85. The zero-order valence-electron chi connectivity index (χ0n) is 8.16. The van der Waals surface area contributed by atoms with Crippen LogP contribution < -0.4 is 5.43 Å². The Labute approximate surface area is 77.9 Å². The van der Waals surface area contributed by atoms with Crippen LogP contribution in [0.15, 0.2) is 18.5 Å². The van der Waals surface area contributed by atoms with Crippen LogP contribution in [0.25, 0.3) is 0 Å². The molecular weight excluding hydrogens is 166 g/mol. The first kappa shape index (κ1) is 9.80. The summed E-state index contributed by atoms with van der Waals surface area (Å²) in [6.07, 6.45) is 3.65. The van der Waals surface area contributed by atoms with Crippen LogP contribution in [0.5, 0.6) is 0 Å². The van der Waals surface area contributed by atoms with Gasteiger partial charge < -0.3 is 4.98 Å². The Balaban J connectivity index is 2.58. The molecule has 2 N–H and O–H groups in total. The maximum Gasteiger partial charge on any atom is 0.241 e. The van der Waals surface area contributed by atoms with Crippen molar-refractivity contribution >= 4 is 5.91 Å². The summed E-state index contributed by atoms with van der Waals surface area (Å²) < 4.78 is 0. The average molecular weight is 181 g/mol. The van der Waals surface area contributed by atoms with Crippen LogP contribution in [-0.2, 0) is 4.79 Å². The van der Waals surface area contributed by atoms with E-state index in [0.29, 0.717) is 0 Å². The number of carbonyl (C=O) groups is 1. The van der Waals surface area contributed by atoms with Gasteiger partial charge in [-0.2, -0.15) is 0 Å². The number of aromatic nitrogens is 1. The zero-order valence-corrected chi connectivity index (χ0v) is 8.16. The average Bonchev–Trinajstić information content (AvgIpc) is 2.53. The second kappa shape index (κ2) is 4.09. The lowest BCUT2D eigenvalue weighted by molar-refractivity contribution is -0.125. The van der Waals surface area contributed by atoms with Gasteiger partial charge in [-0.25, -0.2) is 5.01 Å². The third kappa shape index (κ3) is 2.59. The minimum atomic E-state index is -0.117. The van der Waals surface area contributed by atoms with Crippen molar-refractivity contribution in [1.82, 2.24) is 15.4 Å². The molecule has 0 aromatic carbocycles. The Bertz CT molecular complexity index is 266. The largest absolute Gasteiger partial charge is 0.367 e. The SMILES string of the molecule is CC(C(=O)NN(C)C)c1cc[nH]c1. The van der Waals surface area contributed by atoms with E-state index in [4.69, 9.17) is 0 Å². The number of rotatable bonds is 3. The maximum atomic E-state index is 11.5. The summed E-state index contributed by atoms with van der Waals surface area (Å²) in [4.78, 5) is 14.4. The minimum Gasteiger partial charge on any atom is -0.367 e. The summed E-state index contributed by atoms with van der Waals surface area (Å²) in [5.41, 5.74) is 3.71. The van der Waals surface area contributed by atoms with Gasteiger partial charge in [0.25, 0.3) is 0 Å². The maximum absolute atomic E-state index is 11.5. The molecule has 0 spiro atoms. The van der Waals surface area contributed by atoms with E-state index in [1.165, 1.54) is 0 Å². The normalized spacial score (nSPS) is 12.9. The van der Waals surface area contributed by atoms with Crippen molar-refractivity contribution in [3.8, 4) is 0 Å². The molecule has 0 aliphatic carbocycles. The topological polar surface area (TPSA) is 48.1 Å². The smallest absolute Gasteiger partial charge is 0.241 e. The fourth-order valence-corrected chi connectivity index (χ4v) is 1.07. The summed E-state index contributed by atoms with van der Waals surface area (Å²) in [5.74, 6) is -0.113. The second-order valence-electron chi connectivity index (χ2n) is 3.24. The van der Waals surface area contributed by atoms with Crippen molar-refractivity contribution < 1.29 is 4.79 Å². The fourth-order valence-electron chi connectivity index (χ4n) is 1.07. The van der Waals surface area contributed by atoms with Crippen LogP contribution in [-0.4, -0.2) is 30.0 Å². The van der Waals surface area contributed by atoms with Gasteiger partial charge in [0.05, 0.1) is 5.92 Å². The molecule has 0 saturated carbocycles. The molecule has 1 unspecified atom stereocenters. The Hall–Kier alpha value is -1.29. The van der Waals surface area contributed by atoms with Crippen LogP contribution in [0, 0.1) is 0 Å². The Morgan fingerprint density at radius 1 is 1.62 bits per heavy atom. The number of hydrogen-bond acceptors (Lipinski definition) is 2. The molecular formula is C9H15N3O. The van der Waals surface area contributed by atoms with E-state index in [9.17, 15) is 4.79 Å². The van der Waals surface area contributed by atoms with E-state index in [0.717, 1.165) is 5.56 Å². The van der Waals surface area contributed by atoms with Crippen molar-refractivity contribution in [3.05, 3.63) is 24.0 Å². The number of nitrogens with zero attached hydrogens (tertiary/aromatic N) is 1. The first-order chi connectivity index (χ1) is 6.11. The van der Waals surface area contributed by atoms with Gasteiger partial charge in [-0.3, -0.25) is 10.2 Å². The van der Waals surface area contributed by atoms with Gasteiger partial charge in [0.2, 0.25) is 5.91 Å². The number of H-pyrrole nitrogens is 1. The van der Waals surface area contributed by atoms with Crippen LogP contribution in [0.4, 0.5) is 0 Å². The van der Waals surface area contributed by atoms with Gasteiger partial charge >= 0.3 is 0 Å². The standard InChI is InChI=1S/C9H15N3O/c1-7(8-4-5-10-6-8)9(13)11-12(2)3/h4-7,10H,1-3H3,(H,11,13). The highest BCUT2D eigenvalue weighted by molar-refractivity contribution is 5.82. The van der Waals surface area contributed by atoms with Crippen molar-refractivity contribution in [2.24, 2.45) is 0 Å². The lowest BCUT2D eigenvalue weighted by Crippen LogP contribution is -2.38.